The minimum Gasteiger partial charge on any atom is -0.493 e. The Kier molecular flexibility index (Phi) is 7.74. The molecule has 1 heterocycles. The van der Waals surface area contributed by atoms with Gasteiger partial charge in [0.15, 0.2) is 17.3 Å². The Bertz CT molecular complexity index is 625. The minimum absolute atomic E-state index is 0.152. The Morgan fingerprint density at radius 1 is 1.19 bits per heavy atom. The van der Waals surface area contributed by atoms with E-state index >= 15 is 0 Å². The molecule has 7 heteroatoms. The van der Waals surface area contributed by atoms with Crippen molar-refractivity contribution in [2.24, 2.45) is 0 Å². The van der Waals surface area contributed by atoms with Crippen LogP contribution in [0.25, 0.3) is 0 Å². The minimum atomic E-state index is -0.152. The number of hydrogen-bond donors (Lipinski definition) is 0. The van der Waals surface area contributed by atoms with Crippen molar-refractivity contribution >= 4 is 5.78 Å². The van der Waals surface area contributed by atoms with E-state index in [1.54, 1.807) is 30.3 Å². The van der Waals surface area contributed by atoms with Crippen LogP contribution in [-0.2, 0) is 4.74 Å². The molecular formula is C19H28N2O5. The number of carbonyl (C=O) groups excluding carboxylic acids is 1. The second kappa shape index (κ2) is 10.0. The molecule has 1 aromatic carbocycles. The van der Waals surface area contributed by atoms with Crippen molar-refractivity contribution in [1.29, 1.82) is 0 Å². The standard InChI is InChI=1S/C19H28N2O5/c1-20(2)8-7-16(22)15-5-6-17(23-3)19(24-4)18(15)26-14-11-21-9-12-25-13-10-21/h5-8H,9-14H2,1-4H3/b8-7+. The van der Waals surface area contributed by atoms with Crippen LogP contribution in [0.1, 0.15) is 10.4 Å². The smallest absolute Gasteiger partial charge is 0.204 e. The lowest BCUT2D eigenvalue weighted by molar-refractivity contribution is 0.0320. The first-order valence-corrected chi connectivity index (χ1v) is 8.63. The molecule has 0 N–H and O–H groups in total. The van der Waals surface area contributed by atoms with Crippen LogP contribution in [0.3, 0.4) is 0 Å². The van der Waals surface area contributed by atoms with Gasteiger partial charge in [-0.25, -0.2) is 0 Å². The lowest BCUT2D eigenvalue weighted by atomic mass is 10.1. The Labute approximate surface area is 155 Å². The van der Waals surface area contributed by atoms with Crippen LogP contribution in [0.15, 0.2) is 24.4 Å². The van der Waals surface area contributed by atoms with Crippen molar-refractivity contribution in [3.05, 3.63) is 30.0 Å². The lowest BCUT2D eigenvalue weighted by Crippen LogP contribution is -2.38. The van der Waals surface area contributed by atoms with Crippen molar-refractivity contribution in [3.63, 3.8) is 0 Å². The first-order chi connectivity index (χ1) is 12.6. The third kappa shape index (κ3) is 5.37. The molecule has 0 unspecified atom stereocenters. The highest BCUT2D eigenvalue weighted by Gasteiger charge is 2.20. The SMILES string of the molecule is COc1ccc(C(=O)/C=C/N(C)C)c(OCCN2CCOCC2)c1OC. The van der Waals surface area contributed by atoms with Gasteiger partial charge in [0.1, 0.15) is 6.61 Å². The molecule has 0 amide bonds. The van der Waals surface area contributed by atoms with Crippen LogP contribution in [-0.4, -0.2) is 83.4 Å². The number of benzene rings is 1. The maximum Gasteiger partial charge on any atom is 0.204 e. The second-order valence-electron chi connectivity index (χ2n) is 6.12. The zero-order valence-corrected chi connectivity index (χ0v) is 16.0. The molecule has 7 nitrogen and oxygen atoms in total. The van der Waals surface area contributed by atoms with Crippen molar-refractivity contribution < 1.29 is 23.7 Å². The summed E-state index contributed by atoms with van der Waals surface area (Å²) >= 11 is 0. The molecular weight excluding hydrogens is 336 g/mol. The Balaban J connectivity index is 2.19. The number of morpholine rings is 1. The van der Waals surface area contributed by atoms with Gasteiger partial charge in [0.05, 0.1) is 33.0 Å². The Morgan fingerprint density at radius 2 is 1.92 bits per heavy atom. The van der Waals surface area contributed by atoms with Crippen LogP contribution >= 0.6 is 0 Å². The Morgan fingerprint density at radius 3 is 2.54 bits per heavy atom. The molecule has 1 fully saturated rings. The van der Waals surface area contributed by atoms with Gasteiger partial charge in [-0.15, -0.1) is 0 Å². The zero-order chi connectivity index (χ0) is 18.9. The molecule has 0 aliphatic carbocycles. The highest BCUT2D eigenvalue weighted by molar-refractivity contribution is 6.07. The molecule has 2 rings (SSSR count). The molecule has 1 aromatic rings. The summed E-state index contributed by atoms with van der Waals surface area (Å²) in [4.78, 5) is 16.7. The van der Waals surface area contributed by atoms with Gasteiger partial charge in [0.2, 0.25) is 5.75 Å². The van der Waals surface area contributed by atoms with Gasteiger partial charge < -0.3 is 23.8 Å². The zero-order valence-electron chi connectivity index (χ0n) is 16.0. The van der Waals surface area contributed by atoms with Gasteiger partial charge in [-0.1, -0.05) is 0 Å². The van der Waals surface area contributed by atoms with Gasteiger partial charge in [0.25, 0.3) is 0 Å². The van der Waals surface area contributed by atoms with Crippen molar-refractivity contribution in [2.45, 2.75) is 0 Å². The highest BCUT2D eigenvalue weighted by atomic mass is 16.5. The average molecular weight is 364 g/mol. The van der Waals surface area contributed by atoms with Crippen LogP contribution in [0.4, 0.5) is 0 Å². The third-order valence-corrected chi connectivity index (χ3v) is 4.05. The van der Waals surface area contributed by atoms with E-state index in [4.69, 9.17) is 18.9 Å². The van der Waals surface area contributed by atoms with Crippen molar-refractivity contribution in [3.8, 4) is 17.2 Å². The van der Waals surface area contributed by atoms with Gasteiger partial charge >= 0.3 is 0 Å². The number of ketones is 1. The third-order valence-electron chi connectivity index (χ3n) is 4.05. The van der Waals surface area contributed by atoms with Gasteiger partial charge in [-0.05, 0) is 12.1 Å². The van der Waals surface area contributed by atoms with Crippen LogP contribution in [0.2, 0.25) is 0 Å². The van der Waals surface area contributed by atoms with E-state index < -0.39 is 0 Å². The van der Waals surface area contributed by atoms with E-state index in [-0.39, 0.29) is 5.78 Å². The molecule has 26 heavy (non-hydrogen) atoms. The number of hydrogen-bond acceptors (Lipinski definition) is 7. The fourth-order valence-electron chi connectivity index (χ4n) is 2.64. The van der Waals surface area contributed by atoms with Gasteiger partial charge in [-0.3, -0.25) is 9.69 Å². The molecule has 1 saturated heterocycles. The number of methoxy groups -OCH3 is 2. The number of ether oxygens (including phenoxy) is 4. The van der Waals surface area contributed by atoms with E-state index in [1.165, 1.54) is 13.2 Å². The van der Waals surface area contributed by atoms with E-state index in [2.05, 4.69) is 4.90 Å². The molecule has 0 bridgehead atoms. The summed E-state index contributed by atoms with van der Waals surface area (Å²) in [6.45, 7) is 4.45. The molecule has 1 aliphatic rings. The van der Waals surface area contributed by atoms with Gasteiger partial charge in [0, 0.05) is 46.0 Å². The maximum absolute atomic E-state index is 12.6. The number of nitrogens with zero attached hydrogens (tertiary/aromatic N) is 2. The quantitative estimate of drug-likeness (QED) is 0.488. The van der Waals surface area contributed by atoms with Gasteiger partial charge in [-0.2, -0.15) is 0 Å². The maximum atomic E-state index is 12.6. The molecule has 0 atom stereocenters. The first-order valence-electron chi connectivity index (χ1n) is 8.63. The summed E-state index contributed by atoms with van der Waals surface area (Å²) in [6.07, 6.45) is 3.21. The van der Waals surface area contributed by atoms with Crippen molar-refractivity contribution in [2.75, 3.05) is 67.8 Å². The number of rotatable bonds is 9. The van der Waals surface area contributed by atoms with E-state index in [1.807, 2.05) is 14.1 Å². The summed E-state index contributed by atoms with van der Waals surface area (Å²) in [7, 11) is 6.82. The molecule has 0 aromatic heterocycles. The van der Waals surface area contributed by atoms with Crippen LogP contribution in [0, 0.1) is 0 Å². The Hall–Kier alpha value is -2.25. The monoisotopic (exact) mass is 364 g/mol. The first kappa shape index (κ1) is 20.1. The number of carbonyl (C=O) groups is 1. The van der Waals surface area contributed by atoms with Crippen LogP contribution in [0.5, 0.6) is 17.2 Å². The average Bonchev–Trinajstić information content (AvgIpc) is 2.66. The van der Waals surface area contributed by atoms with Crippen molar-refractivity contribution in [1.82, 2.24) is 9.80 Å². The fraction of sp³-hybridized carbons (Fsp3) is 0.526. The highest BCUT2D eigenvalue weighted by Crippen LogP contribution is 2.40. The van der Waals surface area contributed by atoms with E-state index in [0.717, 1.165) is 32.8 Å². The molecule has 0 radical (unpaired) electrons. The predicted octanol–water partition coefficient (Wildman–Crippen LogP) is 1.67. The molecule has 0 saturated carbocycles. The van der Waals surface area contributed by atoms with Crippen LogP contribution < -0.4 is 14.2 Å². The van der Waals surface area contributed by atoms with E-state index in [0.29, 0.717) is 29.4 Å². The number of allylic oxidation sites excluding steroid dienone is 1. The predicted molar refractivity (Wildman–Crippen MR) is 99.5 cm³/mol. The summed E-state index contributed by atoms with van der Waals surface area (Å²) in [5, 5.41) is 0. The lowest BCUT2D eigenvalue weighted by Gasteiger charge is -2.26. The summed E-state index contributed by atoms with van der Waals surface area (Å²) < 4.78 is 22.1. The summed E-state index contributed by atoms with van der Waals surface area (Å²) in [5.74, 6) is 1.22. The molecule has 0 spiro atoms. The summed E-state index contributed by atoms with van der Waals surface area (Å²) in [6, 6.07) is 3.41. The normalized spacial score (nSPS) is 15.1. The molecule has 1 aliphatic heterocycles. The molecule has 144 valence electrons. The largest absolute Gasteiger partial charge is 0.493 e. The van der Waals surface area contributed by atoms with E-state index in [9.17, 15) is 4.79 Å². The fourth-order valence-corrected chi connectivity index (χ4v) is 2.64. The second-order valence-corrected chi connectivity index (χ2v) is 6.12. The summed E-state index contributed by atoms with van der Waals surface area (Å²) in [5.41, 5.74) is 0.447. The topological polar surface area (TPSA) is 60.5 Å².